The van der Waals surface area contributed by atoms with Crippen molar-refractivity contribution in [3.05, 3.63) is 35.7 Å². The number of likely N-dealkylation sites (tertiary alicyclic amines) is 1. The molecular formula is C19H24N4O3. The molecule has 2 amide bonds. The minimum atomic E-state index is -0.162. The molecule has 2 aromatic rings. The first-order valence-corrected chi connectivity index (χ1v) is 9.28. The molecule has 2 atom stereocenters. The fraction of sp³-hybridized carbons (Fsp3) is 0.526. The average Bonchev–Trinajstić information content (AvgIpc) is 3.40. The van der Waals surface area contributed by atoms with Gasteiger partial charge in [0.05, 0.1) is 6.10 Å². The summed E-state index contributed by atoms with van der Waals surface area (Å²) >= 11 is 0. The quantitative estimate of drug-likeness (QED) is 0.910. The van der Waals surface area contributed by atoms with Crippen LogP contribution in [0.25, 0.3) is 11.4 Å². The van der Waals surface area contributed by atoms with Gasteiger partial charge in [-0.25, -0.2) is 4.79 Å². The van der Waals surface area contributed by atoms with Gasteiger partial charge in [-0.15, -0.1) is 0 Å². The summed E-state index contributed by atoms with van der Waals surface area (Å²) in [5.74, 6) is 1.08. The lowest BCUT2D eigenvalue weighted by atomic mass is 10.1. The Labute approximate surface area is 152 Å². The zero-order valence-corrected chi connectivity index (χ0v) is 15.0. The highest BCUT2D eigenvalue weighted by Gasteiger charge is 2.34. The van der Waals surface area contributed by atoms with Gasteiger partial charge in [-0.05, 0) is 38.2 Å². The van der Waals surface area contributed by atoms with Crippen LogP contribution in [0.1, 0.15) is 43.2 Å². The van der Waals surface area contributed by atoms with Gasteiger partial charge in [0, 0.05) is 25.3 Å². The molecule has 0 bridgehead atoms. The van der Waals surface area contributed by atoms with Crippen molar-refractivity contribution >= 4 is 6.03 Å². The molecule has 2 aliphatic heterocycles. The summed E-state index contributed by atoms with van der Waals surface area (Å²) in [6.07, 6.45) is 3.98. The normalized spacial score (nSPS) is 22.7. The number of hydrogen-bond acceptors (Lipinski definition) is 5. The third-order valence-electron chi connectivity index (χ3n) is 5.13. The number of hydrogen-bond donors (Lipinski definition) is 1. The van der Waals surface area contributed by atoms with Crippen LogP contribution in [-0.4, -0.2) is 46.9 Å². The van der Waals surface area contributed by atoms with Crippen LogP contribution in [0.5, 0.6) is 0 Å². The Morgan fingerprint density at radius 2 is 2.19 bits per heavy atom. The van der Waals surface area contributed by atoms with E-state index in [1.54, 1.807) is 4.90 Å². The van der Waals surface area contributed by atoms with Crippen LogP contribution in [0.4, 0.5) is 4.79 Å². The lowest BCUT2D eigenvalue weighted by Crippen LogP contribution is -2.42. The second-order valence-electron chi connectivity index (χ2n) is 6.94. The van der Waals surface area contributed by atoms with Crippen LogP contribution in [0.15, 0.2) is 28.8 Å². The Balaban J connectivity index is 1.45. The van der Waals surface area contributed by atoms with Gasteiger partial charge >= 0.3 is 6.03 Å². The Hall–Kier alpha value is -2.41. The lowest BCUT2D eigenvalue weighted by Gasteiger charge is -2.23. The van der Waals surface area contributed by atoms with Crippen molar-refractivity contribution < 1.29 is 14.1 Å². The minimum Gasteiger partial charge on any atom is -0.376 e. The number of carbonyl (C=O) groups is 1. The number of aryl methyl sites for hydroxylation is 1. The zero-order chi connectivity index (χ0) is 17.9. The highest BCUT2D eigenvalue weighted by Crippen LogP contribution is 2.32. The maximum Gasteiger partial charge on any atom is 0.318 e. The fourth-order valence-corrected chi connectivity index (χ4v) is 3.68. The van der Waals surface area contributed by atoms with E-state index in [4.69, 9.17) is 9.26 Å². The number of ether oxygens (including phenoxy) is 1. The van der Waals surface area contributed by atoms with E-state index in [9.17, 15) is 4.79 Å². The van der Waals surface area contributed by atoms with Crippen LogP contribution in [0.2, 0.25) is 0 Å². The molecule has 3 heterocycles. The zero-order valence-electron chi connectivity index (χ0n) is 15.0. The van der Waals surface area contributed by atoms with Crippen LogP contribution in [0.3, 0.4) is 0 Å². The number of urea groups is 1. The van der Waals surface area contributed by atoms with Crippen molar-refractivity contribution in [3.63, 3.8) is 0 Å². The summed E-state index contributed by atoms with van der Waals surface area (Å²) in [6.45, 7) is 4.06. The predicted molar refractivity (Wildman–Crippen MR) is 95.5 cm³/mol. The Bertz CT molecular complexity index is 770. The van der Waals surface area contributed by atoms with Crippen LogP contribution >= 0.6 is 0 Å². The van der Waals surface area contributed by atoms with Crippen LogP contribution in [-0.2, 0) is 4.74 Å². The van der Waals surface area contributed by atoms with Crippen molar-refractivity contribution in [3.8, 4) is 11.4 Å². The van der Waals surface area contributed by atoms with Gasteiger partial charge in [-0.2, -0.15) is 4.98 Å². The number of aromatic nitrogens is 2. The maximum absolute atomic E-state index is 12.6. The molecule has 7 heteroatoms. The molecule has 26 heavy (non-hydrogen) atoms. The smallest absolute Gasteiger partial charge is 0.318 e. The van der Waals surface area contributed by atoms with E-state index >= 15 is 0 Å². The van der Waals surface area contributed by atoms with E-state index in [0.717, 1.165) is 43.4 Å². The lowest BCUT2D eigenvalue weighted by molar-refractivity contribution is 0.108. The topological polar surface area (TPSA) is 80.5 Å². The molecule has 2 fully saturated rings. The van der Waals surface area contributed by atoms with Gasteiger partial charge in [0.25, 0.3) is 0 Å². The van der Waals surface area contributed by atoms with E-state index < -0.39 is 0 Å². The molecule has 0 saturated carbocycles. The molecule has 1 aromatic carbocycles. The van der Waals surface area contributed by atoms with Crippen LogP contribution < -0.4 is 5.32 Å². The average molecular weight is 356 g/mol. The molecular weight excluding hydrogens is 332 g/mol. The molecule has 0 aliphatic carbocycles. The predicted octanol–water partition coefficient (Wildman–Crippen LogP) is 3.07. The minimum absolute atomic E-state index is 0.0846. The molecule has 2 aliphatic rings. The number of rotatable bonds is 4. The standard InChI is InChI=1S/C19H24N4O3/c1-13-6-2-3-8-15(13)17-21-18(26-22-17)16-9-4-10-23(16)19(24)20-12-14-7-5-11-25-14/h2-3,6,8,14,16H,4-5,7,9-12H2,1H3,(H,20,24)/t14-,16-/m1/s1. The molecule has 0 radical (unpaired) electrons. The first-order valence-electron chi connectivity index (χ1n) is 9.28. The fourth-order valence-electron chi connectivity index (χ4n) is 3.68. The van der Waals surface area contributed by atoms with Crippen molar-refractivity contribution in [2.75, 3.05) is 19.7 Å². The molecule has 4 rings (SSSR count). The van der Waals surface area contributed by atoms with Crippen molar-refractivity contribution in [1.82, 2.24) is 20.4 Å². The van der Waals surface area contributed by atoms with Gasteiger partial charge in [-0.1, -0.05) is 29.4 Å². The summed E-state index contributed by atoms with van der Waals surface area (Å²) in [4.78, 5) is 19.0. The van der Waals surface area contributed by atoms with E-state index in [0.29, 0.717) is 24.8 Å². The summed E-state index contributed by atoms with van der Waals surface area (Å²) in [5, 5.41) is 7.12. The third kappa shape index (κ3) is 3.44. The summed E-state index contributed by atoms with van der Waals surface area (Å²) in [7, 11) is 0. The van der Waals surface area contributed by atoms with Crippen molar-refractivity contribution in [2.24, 2.45) is 0 Å². The van der Waals surface area contributed by atoms with Crippen LogP contribution in [0, 0.1) is 6.92 Å². The first kappa shape index (κ1) is 17.0. The van der Waals surface area contributed by atoms with Gasteiger partial charge in [0.2, 0.25) is 11.7 Å². The summed E-state index contributed by atoms with van der Waals surface area (Å²) < 4.78 is 11.1. The SMILES string of the molecule is Cc1ccccc1-c1noc([C@H]2CCCN2C(=O)NC[C@H]2CCCO2)n1. The molecule has 7 nitrogen and oxygen atoms in total. The van der Waals surface area contributed by atoms with Gasteiger partial charge in [0.15, 0.2) is 0 Å². The molecule has 2 saturated heterocycles. The van der Waals surface area contributed by atoms with Gasteiger partial charge in [0.1, 0.15) is 6.04 Å². The molecule has 0 spiro atoms. The van der Waals surface area contributed by atoms with Gasteiger partial charge in [-0.3, -0.25) is 0 Å². The first-order chi connectivity index (χ1) is 12.7. The number of nitrogens with zero attached hydrogens (tertiary/aromatic N) is 3. The molecule has 138 valence electrons. The van der Waals surface area contributed by atoms with Crippen molar-refractivity contribution in [2.45, 2.75) is 44.8 Å². The molecule has 0 unspecified atom stereocenters. The number of carbonyl (C=O) groups excluding carboxylic acids is 1. The summed E-state index contributed by atoms with van der Waals surface area (Å²) in [5.41, 5.74) is 2.05. The Morgan fingerprint density at radius 3 is 3.00 bits per heavy atom. The highest BCUT2D eigenvalue weighted by atomic mass is 16.5. The van der Waals surface area contributed by atoms with E-state index in [1.807, 2.05) is 31.2 Å². The molecule has 1 aromatic heterocycles. The number of benzene rings is 1. The molecule has 1 N–H and O–H groups in total. The Morgan fingerprint density at radius 1 is 1.31 bits per heavy atom. The summed E-state index contributed by atoms with van der Waals surface area (Å²) in [6, 6.07) is 7.69. The number of nitrogens with one attached hydrogen (secondary N) is 1. The van der Waals surface area contributed by atoms with E-state index in [-0.39, 0.29) is 18.2 Å². The second kappa shape index (κ2) is 7.45. The van der Waals surface area contributed by atoms with Crippen molar-refractivity contribution in [1.29, 1.82) is 0 Å². The maximum atomic E-state index is 12.6. The monoisotopic (exact) mass is 356 g/mol. The van der Waals surface area contributed by atoms with Gasteiger partial charge < -0.3 is 19.5 Å². The highest BCUT2D eigenvalue weighted by molar-refractivity contribution is 5.75. The van der Waals surface area contributed by atoms with E-state index in [2.05, 4.69) is 15.5 Å². The third-order valence-corrected chi connectivity index (χ3v) is 5.13. The largest absolute Gasteiger partial charge is 0.376 e. The Kier molecular flexibility index (Phi) is 4.88. The van der Waals surface area contributed by atoms with E-state index in [1.165, 1.54) is 0 Å². The second-order valence-corrected chi connectivity index (χ2v) is 6.94. The number of amides is 2.